The molecule has 1 rings (SSSR count). The van der Waals surface area contributed by atoms with Crippen LogP contribution in [-0.4, -0.2) is 41.0 Å². The van der Waals surface area contributed by atoms with E-state index in [2.05, 4.69) is 0 Å². The Morgan fingerprint density at radius 3 is 2.42 bits per heavy atom. The van der Waals surface area contributed by atoms with Gasteiger partial charge in [0, 0.05) is 6.42 Å². The molecule has 7 nitrogen and oxygen atoms in total. The van der Waals surface area contributed by atoms with Crippen LogP contribution in [0.4, 0.5) is 0 Å². The number of hydrogen-bond acceptors (Lipinski definition) is 6. The van der Waals surface area contributed by atoms with Crippen molar-refractivity contribution in [3.63, 3.8) is 0 Å². The van der Waals surface area contributed by atoms with E-state index in [1.807, 2.05) is 37.3 Å². The van der Waals surface area contributed by atoms with E-state index in [1.54, 1.807) is 0 Å². The third-order valence-electron chi connectivity index (χ3n) is 4.20. The van der Waals surface area contributed by atoms with Gasteiger partial charge in [0.05, 0.1) is 12.6 Å². The molecule has 0 spiro atoms. The molecule has 0 amide bonds. The Labute approximate surface area is 153 Å². The van der Waals surface area contributed by atoms with Crippen LogP contribution in [0, 0.1) is 0 Å². The first-order valence-corrected chi connectivity index (χ1v) is 8.83. The Morgan fingerprint density at radius 2 is 1.85 bits per heavy atom. The number of unbranched alkanes of at least 4 members (excludes halogenated alkanes) is 1. The predicted octanol–water partition coefficient (Wildman–Crippen LogP) is 1.42. The zero-order chi connectivity index (χ0) is 19.6. The molecule has 0 bridgehead atoms. The fourth-order valence-electron chi connectivity index (χ4n) is 2.42. The number of esters is 1. The highest BCUT2D eigenvalue weighted by molar-refractivity contribution is 6.03. The van der Waals surface area contributed by atoms with Gasteiger partial charge in [-0.1, -0.05) is 43.7 Å². The quantitative estimate of drug-likeness (QED) is 0.290. The van der Waals surface area contributed by atoms with Gasteiger partial charge in [-0.15, -0.1) is 0 Å². The summed E-state index contributed by atoms with van der Waals surface area (Å²) in [6.45, 7) is 2.06. The van der Waals surface area contributed by atoms with Gasteiger partial charge in [-0.2, -0.15) is 0 Å². The van der Waals surface area contributed by atoms with E-state index in [0.717, 1.165) is 12.0 Å². The maximum Gasteiger partial charge on any atom is 0.337 e. The van der Waals surface area contributed by atoms with Crippen LogP contribution >= 0.6 is 0 Å². The van der Waals surface area contributed by atoms with Crippen LogP contribution in [0.3, 0.4) is 0 Å². The summed E-state index contributed by atoms with van der Waals surface area (Å²) in [7, 11) is 0. The highest BCUT2D eigenvalue weighted by atomic mass is 16.5. The molecule has 0 fully saturated rings. The van der Waals surface area contributed by atoms with Gasteiger partial charge in [-0.25, -0.2) is 9.59 Å². The smallest absolute Gasteiger partial charge is 0.337 e. The number of rotatable bonds is 12. The average molecular weight is 364 g/mol. The van der Waals surface area contributed by atoms with Crippen molar-refractivity contribution in [3.05, 3.63) is 35.9 Å². The fourth-order valence-corrected chi connectivity index (χ4v) is 2.42. The van der Waals surface area contributed by atoms with E-state index >= 15 is 0 Å². The largest absolute Gasteiger partial charge is 0.479 e. The summed E-state index contributed by atoms with van der Waals surface area (Å²) in [4.78, 5) is 35.6. The van der Waals surface area contributed by atoms with Crippen molar-refractivity contribution in [2.45, 2.75) is 57.0 Å². The zero-order valence-corrected chi connectivity index (χ0v) is 15.1. The summed E-state index contributed by atoms with van der Waals surface area (Å²) in [5.74, 6) is -2.54. The molecule has 1 unspecified atom stereocenters. The zero-order valence-electron chi connectivity index (χ0n) is 15.1. The minimum absolute atomic E-state index is 0.136. The Balaban J connectivity index is 2.51. The van der Waals surface area contributed by atoms with E-state index in [9.17, 15) is 19.5 Å². The van der Waals surface area contributed by atoms with Gasteiger partial charge in [0.25, 0.3) is 0 Å². The van der Waals surface area contributed by atoms with Crippen LogP contribution in [0.25, 0.3) is 0 Å². The lowest BCUT2D eigenvalue weighted by Gasteiger charge is -2.23. The van der Waals surface area contributed by atoms with Crippen molar-refractivity contribution < 1.29 is 24.2 Å². The third-order valence-corrected chi connectivity index (χ3v) is 4.20. The van der Waals surface area contributed by atoms with Crippen LogP contribution in [-0.2, 0) is 25.5 Å². The molecule has 5 N–H and O–H groups in total. The lowest BCUT2D eigenvalue weighted by atomic mass is 9.91. The lowest BCUT2D eigenvalue weighted by Crippen LogP contribution is -2.56. The first-order valence-electron chi connectivity index (χ1n) is 8.83. The molecule has 0 saturated carbocycles. The number of benzene rings is 1. The number of hydrogen-bond donors (Lipinski definition) is 3. The van der Waals surface area contributed by atoms with Crippen molar-refractivity contribution in [3.8, 4) is 0 Å². The molecule has 1 aromatic carbocycles. The van der Waals surface area contributed by atoms with Crippen LogP contribution in [0.2, 0.25) is 0 Å². The van der Waals surface area contributed by atoms with Gasteiger partial charge in [-0.3, -0.25) is 4.79 Å². The first kappa shape index (κ1) is 21.8. The summed E-state index contributed by atoms with van der Waals surface area (Å²) in [6.07, 6.45) is 2.01. The van der Waals surface area contributed by atoms with Gasteiger partial charge < -0.3 is 21.3 Å². The molecule has 26 heavy (non-hydrogen) atoms. The molecule has 0 heterocycles. The molecule has 7 heteroatoms. The third kappa shape index (κ3) is 6.57. The molecule has 0 saturated heterocycles. The van der Waals surface area contributed by atoms with E-state index in [1.165, 1.54) is 0 Å². The number of ether oxygens (including phenoxy) is 1. The van der Waals surface area contributed by atoms with Crippen LogP contribution < -0.4 is 11.5 Å². The second kappa shape index (κ2) is 10.7. The Bertz CT molecular complexity index is 605. The van der Waals surface area contributed by atoms with E-state index < -0.39 is 23.5 Å². The van der Waals surface area contributed by atoms with Gasteiger partial charge in [0.2, 0.25) is 5.54 Å². The van der Waals surface area contributed by atoms with Gasteiger partial charge in [0.15, 0.2) is 5.78 Å². The van der Waals surface area contributed by atoms with Crippen molar-refractivity contribution >= 4 is 17.7 Å². The van der Waals surface area contributed by atoms with Crippen molar-refractivity contribution in [2.24, 2.45) is 11.5 Å². The molecule has 1 aromatic rings. The van der Waals surface area contributed by atoms with Gasteiger partial charge in [-0.05, 0) is 31.2 Å². The Hall–Kier alpha value is -2.25. The Morgan fingerprint density at radius 1 is 1.19 bits per heavy atom. The summed E-state index contributed by atoms with van der Waals surface area (Å²) in [5, 5.41) is 9.30. The number of carboxylic acids is 1. The minimum Gasteiger partial charge on any atom is -0.479 e. The normalized spacial score (nSPS) is 14.3. The molecule has 144 valence electrons. The monoisotopic (exact) mass is 364 g/mol. The lowest BCUT2D eigenvalue weighted by molar-refractivity contribution is -0.161. The van der Waals surface area contributed by atoms with Gasteiger partial charge in [0.1, 0.15) is 0 Å². The fraction of sp³-hybridized carbons (Fsp3) is 0.526. The SMILES string of the molecule is CCCCOC(=O)[C@](N)(CCCC(N)C(=O)Cc1ccccc1)C(=O)O. The predicted molar refractivity (Wildman–Crippen MR) is 97.4 cm³/mol. The van der Waals surface area contributed by atoms with Crippen molar-refractivity contribution in [2.75, 3.05) is 6.61 Å². The molecule has 0 aromatic heterocycles. The highest BCUT2D eigenvalue weighted by Crippen LogP contribution is 2.16. The average Bonchev–Trinajstić information content (AvgIpc) is 2.62. The molecular formula is C19H28N2O5. The van der Waals surface area contributed by atoms with Gasteiger partial charge >= 0.3 is 11.9 Å². The topological polar surface area (TPSA) is 133 Å². The number of Topliss-reactive ketones (excluding diaryl/α,β-unsaturated/α-hetero) is 1. The number of carbonyl (C=O) groups excluding carboxylic acids is 2. The summed E-state index contributed by atoms with van der Waals surface area (Å²) >= 11 is 0. The molecule has 2 atom stereocenters. The standard InChI is InChI=1S/C19H28N2O5/c1-2-3-12-26-18(25)19(21,17(23)24)11-7-10-15(20)16(22)13-14-8-5-4-6-9-14/h4-6,8-9,15H,2-3,7,10-13,20-21H2,1H3,(H,23,24)/t15?,19-/m0/s1. The molecule has 0 aliphatic rings. The summed E-state index contributed by atoms with van der Waals surface area (Å²) in [6, 6.07) is 8.49. The number of ketones is 1. The van der Waals surface area contributed by atoms with E-state index in [0.29, 0.717) is 6.42 Å². The maximum atomic E-state index is 12.1. The molecule has 0 aliphatic carbocycles. The van der Waals surface area contributed by atoms with Crippen LogP contribution in [0.1, 0.15) is 44.6 Å². The molecule has 0 aliphatic heterocycles. The van der Waals surface area contributed by atoms with E-state index in [4.69, 9.17) is 16.2 Å². The minimum atomic E-state index is -2.12. The molecule has 0 radical (unpaired) electrons. The number of nitrogens with two attached hydrogens (primary N) is 2. The number of aliphatic carboxylic acids is 1. The second-order valence-corrected chi connectivity index (χ2v) is 6.39. The number of carbonyl (C=O) groups is 3. The van der Waals surface area contributed by atoms with Crippen LogP contribution in [0.15, 0.2) is 30.3 Å². The summed E-state index contributed by atoms with van der Waals surface area (Å²) in [5.41, 5.74) is 10.4. The summed E-state index contributed by atoms with van der Waals surface area (Å²) < 4.78 is 4.95. The molecular weight excluding hydrogens is 336 g/mol. The van der Waals surface area contributed by atoms with E-state index in [-0.39, 0.29) is 38.1 Å². The first-order chi connectivity index (χ1) is 12.3. The van der Waals surface area contributed by atoms with Crippen molar-refractivity contribution in [1.82, 2.24) is 0 Å². The van der Waals surface area contributed by atoms with Crippen LogP contribution in [0.5, 0.6) is 0 Å². The number of carboxylic acid groups (broad SMARTS) is 1. The Kier molecular flexibility index (Phi) is 8.95. The van der Waals surface area contributed by atoms with Crippen molar-refractivity contribution in [1.29, 1.82) is 0 Å². The maximum absolute atomic E-state index is 12.1. The second-order valence-electron chi connectivity index (χ2n) is 6.39. The highest BCUT2D eigenvalue weighted by Gasteiger charge is 2.43.